The van der Waals surface area contributed by atoms with Gasteiger partial charge in [0.2, 0.25) is 0 Å². The third-order valence-electron chi connectivity index (χ3n) is 3.16. The second kappa shape index (κ2) is 5.87. The highest BCUT2D eigenvalue weighted by molar-refractivity contribution is 5.89. The first-order valence-corrected chi connectivity index (χ1v) is 6.25. The van der Waals surface area contributed by atoms with Gasteiger partial charge in [-0.05, 0) is 43.5 Å². The molecule has 0 saturated carbocycles. The fourth-order valence-electron chi connectivity index (χ4n) is 2.15. The average molecular weight is 250 g/mol. The number of carboxylic acids is 1. The van der Waals surface area contributed by atoms with Crippen LogP contribution in [0.1, 0.15) is 35.2 Å². The van der Waals surface area contributed by atoms with Gasteiger partial charge >= 0.3 is 5.97 Å². The lowest BCUT2D eigenvalue weighted by Crippen LogP contribution is -2.11. The summed E-state index contributed by atoms with van der Waals surface area (Å²) in [6, 6.07) is 5.05. The number of hydrogen-bond acceptors (Lipinski definition) is 3. The van der Waals surface area contributed by atoms with Gasteiger partial charge in [0.05, 0.1) is 18.3 Å². The molecule has 0 spiro atoms. The minimum Gasteiger partial charge on any atom is -0.493 e. The van der Waals surface area contributed by atoms with Crippen LogP contribution in [0, 0.1) is 6.92 Å². The fraction of sp³-hybridized carbons (Fsp3) is 0.500. The van der Waals surface area contributed by atoms with E-state index in [1.54, 1.807) is 25.1 Å². The molecule has 18 heavy (non-hydrogen) atoms. The van der Waals surface area contributed by atoms with Crippen LogP contribution in [0.5, 0.6) is 5.75 Å². The fourth-order valence-corrected chi connectivity index (χ4v) is 2.15. The van der Waals surface area contributed by atoms with Gasteiger partial charge < -0.3 is 14.6 Å². The Bertz CT molecular complexity index is 422. The van der Waals surface area contributed by atoms with Crippen molar-refractivity contribution in [3.63, 3.8) is 0 Å². The Kier molecular flexibility index (Phi) is 4.20. The molecule has 1 fully saturated rings. The molecule has 1 atom stereocenters. The smallest absolute Gasteiger partial charge is 0.335 e. The van der Waals surface area contributed by atoms with Gasteiger partial charge in [-0.2, -0.15) is 0 Å². The number of aromatic carboxylic acids is 1. The average Bonchev–Trinajstić information content (AvgIpc) is 2.81. The van der Waals surface area contributed by atoms with Crippen LogP contribution in [0.4, 0.5) is 0 Å². The van der Waals surface area contributed by atoms with Crippen LogP contribution in [0.15, 0.2) is 18.2 Å². The van der Waals surface area contributed by atoms with Crippen LogP contribution in [0.25, 0.3) is 0 Å². The maximum Gasteiger partial charge on any atom is 0.335 e. The van der Waals surface area contributed by atoms with E-state index in [-0.39, 0.29) is 0 Å². The number of rotatable bonds is 5. The molecule has 1 aliphatic rings. The zero-order valence-corrected chi connectivity index (χ0v) is 10.5. The predicted octanol–water partition coefficient (Wildman–Crippen LogP) is 2.64. The van der Waals surface area contributed by atoms with Crippen molar-refractivity contribution in [3.8, 4) is 5.75 Å². The molecule has 0 radical (unpaired) electrons. The largest absolute Gasteiger partial charge is 0.493 e. The molecule has 1 unspecified atom stereocenters. The SMILES string of the molecule is Cc1cc(OCCC2CCCO2)ccc1C(=O)O. The zero-order chi connectivity index (χ0) is 13.0. The Balaban J connectivity index is 1.85. The van der Waals surface area contributed by atoms with Crippen LogP contribution in [-0.4, -0.2) is 30.4 Å². The third-order valence-corrected chi connectivity index (χ3v) is 3.16. The summed E-state index contributed by atoms with van der Waals surface area (Å²) in [5.74, 6) is -0.186. The van der Waals surface area contributed by atoms with Gasteiger partial charge in [-0.25, -0.2) is 4.79 Å². The molecular formula is C14H18O4. The summed E-state index contributed by atoms with van der Waals surface area (Å²) < 4.78 is 11.1. The molecule has 98 valence electrons. The Hall–Kier alpha value is -1.55. The van der Waals surface area contributed by atoms with Gasteiger partial charge in [-0.3, -0.25) is 0 Å². The molecule has 1 aromatic carbocycles. The first-order valence-electron chi connectivity index (χ1n) is 6.25. The number of carbonyl (C=O) groups is 1. The van der Waals surface area contributed by atoms with Crippen LogP contribution in [0.3, 0.4) is 0 Å². The summed E-state index contributed by atoms with van der Waals surface area (Å²) in [6.45, 7) is 3.24. The summed E-state index contributed by atoms with van der Waals surface area (Å²) >= 11 is 0. The van der Waals surface area contributed by atoms with Gasteiger partial charge in [0, 0.05) is 13.0 Å². The maximum absolute atomic E-state index is 10.9. The Morgan fingerprint density at radius 3 is 3.00 bits per heavy atom. The van der Waals surface area contributed by atoms with Crippen LogP contribution in [0.2, 0.25) is 0 Å². The highest BCUT2D eigenvalue weighted by atomic mass is 16.5. The van der Waals surface area contributed by atoms with E-state index in [1.165, 1.54) is 0 Å². The Labute approximate surface area is 107 Å². The van der Waals surface area contributed by atoms with E-state index in [1.807, 2.05) is 0 Å². The highest BCUT2D eigenvalue weighted by Crippen LogP contribution is 2.19. The molecular weight excluding hydrogens is 232 g/mol. The van der Waals surface area contributed by atoms with Crippen LogP contribution >= 0.6 is 0 Å². The van der Waals surface area contributed by atoms with E-state index < -0.39 is 5.97 Å². The minimum atomic E-state index is -0.904. The molecule has 2 rings (SSSR count). The van der Waals surface area contributed by atoms with Crippen LogP contribution in [-0.2, 0) is 4.74 Å². The number of benzene rings is 1. The molecule has 4 nitrogen and oxygen atoms in total. The Morgan fingerprint density at radius 1 is 1.56 bits per heavy atom. The van der Waals surface area contributed by atoms with Gasteiger partial charge in [0.15, 0.2) is 0 Å². The lowest BCUT2D eigenvalue weighted by molar-refractivity contribution is 0.0696. The third kappa shape index (κ3) is 3.23. The molecule has 1 saturated heterocycles. The summed E-state index contributed by atoms with van der Waals surface area (Å²) in [7, 11) is 0. The van der Waals surface area contributed by atoms with E-state index in [4.69, 9.17) is 14.6 Å². The lowest BCUT2D eigenvalue weighted by Gasteiger charge is -2.11. The molecule has 4 heteroatoms. The van der Waals surface area contributed by atoms with E-state index in [0.717, 1.165) is 37.2 Å². The maximum atomic E-state index is 10.9. The van der Waals surface area contributed by atoms with E-state index >= 15 is 0 Å². The second-order valence-corrected chi connectivity index (χ2v) is 4.55. The van der Waals surface area contributed by atoms with Crippen molar-refractivity contribution < 1.29 is 19.4 Å². The summed E-state index contributed by atoms with van der Waals surface area (Å²) in [6.07, 6.45) is 3.46. The monoisotopic (exact) mass is 250 g/mol. The highest BCUT2D eigenvalue weighted by Gasteiger charge is 2.15. The summed E-state index contributed by atoms with van der Waals surface area (Å²) in [4.78, 5) is 10.9. The number of carboxylic acid groups (broad SMARTS) is 1. The lowest BCUT2D eigenvalue weighted by atomic mass is 10.1. The molecule has 0 bridgehead atoms. The molecule has 1 aliphatic heterocycles. The van der Waals surface area contributed by atoms with E-state index in [0.29, 0.717) is 18.3 Å². The van der Waals surface area contributed by atoms with Gasteiger partial charge in [0.1, 0.15) is 5.75 Å². The summed E-state index contributed by atoms with van der Waals surface area (Å²) in [5, 5.41) is 8.92. The van der Waals surface area contributed by atoms with Crippen molar-refractivity contribution in [2.45, 2.75) is 32.3 Å². The molecule has 0 aliphatic carbocycles. The standard InChI is InChI=1S/C14H18O4/c1-10-9-12(4-5-13(10)14(15)16)18-8-6-11-3-2-7-17-11/h4-5,9,11H,2-3,6-8H2,1H3,(H,15,16). The van der Waals surface area contributed by atoms with E-state index in [2.05, 4.69) is 0 Å². The second-order valence-electron chi connectivity index (χ2n) is 4.55. The predicted molar refractivity (Wildman–Crippen MR) is 67.2 cm³/mol. The minimum absolute atomic E-state index is 0.321. The first-order chi connectivity index (χ1) is 8.66. The van der Waals surface area contributed by atoms with Crippen molar-refractivity contribution in [2.24, 2.45) is 0 Å². The number of hydrogen-bond donors (Lipinski definition) is 1. The topological polar surface area (TPSA) is 55.8 Å². The number of aryl methyl sites for hydroxylation is 1. The number of ether oxygens (including phenoxy) is 2. The molecule has 0 amide bonds. The normalized spacial score (nSPS) is 18.8. The quantitative estimate of drug-likeness (QED) is 0.872. The molecule has 1 aromatic rings. The van der Waals surface area contributed by atoms with Crippen molar-refractivity contribution in [3.05, 3.63) is 29.3 Å². The Morgan fingerprint density at radius 2 is 2.39 bits per heavy atom. The van der Waals surface area contributed by atoms with Crippen molar-refractivity contribution in [2.75, 3.05) is 13.2 Å². The van der Waals surface area contributed by atoms with Crippen LogP contribution < -0.4 is 4.74 Å². The molecule has 1 heterocycles. The van der Waals surface area contributed by atoms with Crippen molar-refractivity contribution in [1.29, 1.82) is 0 Å². The van der Waals surface area contributed by atoms with Crippen molar-refractivity contribution >= 4 is 5.97 Å². The van der Waals surface area contributed by atoms with Gasteiger partial charge in [0.25, 0.3) is 0 Å². The first kappa shape index (κ1) is 12.9. The van der Waals surface area contributed by atoms with Gasteiger partial charge in [-0.1, -0.05) is 0 Å². The van der Waals surface area contributed by atoms with E-state index in [9.17, 15) is 4.79 Å². The molecule has 0 aromatic heterocycles. The van der Waals surface area contributed by atoms with Gasteiger partial charge in [-0.15, -0.1) is 0 Å². The summed E-state index contributed by atoms with van der Waals surface area (Å²) in [5.41, 5.74) is 1.04. The van der Waals surface area contributed by atoms with Crippen molar-refractivity contribution in [1.82, 2.24) is 0 Å². The molecule has 1 N–H and O–H groups in total. The zero-order valence-electron chi connectivity index (χ0n) is 10.5.